The summed E-state index contributed by atoms with van der Waals surface area (Å²) in [7, 11) is 3.81. The Morgan fingerprint density at radius 2 is 1.75 bits per heavy atom. The summed E-state index contributed by atoms with van der Waals surface area (Å²) >= 11 is 0. The van der Waals surface area contributed by atoms with E-state index in [-0.39, 0.29) is 0 Å². The number of methoxy groups -OCH3 is 1. The molecule has 0 spiro atoms. The topological polar surface area (TPSA) is 49.8 Å². The minimum atomic E-state index is -0.459. The second-order valence-electron chi connectivity index (χ2n) is 8.80. The summed E-state index contributed by atoms with van der Waals surface area (Å²) in [5, 5.41) is 9.48. The van der Waals surface area contributed by atoms with Crippen LogP contribution in [0.5, 0.6) is 5.75 Å². The lowest BCUT2D eigenvalue weighted by atomic mass is 9.91. The number of carbonyl (C=O) groups is 1. The van der Waals surface area contributed by atoms with Crippen molar-refractivity contribution in [2.45, 2.75) is 65.1 Å². The first-order chi connectivity index (χ1) is 15.4. The molecule has 0 aromatic heterocycles. The fourth-order valence-electron chi connectivity index (χ4n) is 4.02. The minimum Gasteiger partial charge on any atom is -0.496 e. The lowest BCUT2D eigenvalue weighted by molar-refractivity contribution is -0.111. The molecule has 1 fully saturated rings. The van der Waals surface area contributed by atoms with Gasteiger partial charge in [-0.05, 0) is 68.1 Å². The summed E-state index contributed by atoms with van der Waals surface area (Å²) in [5.41, 5.74) is 4.66. The molecule has 1 saturated carbocycles. The van der Waals surface area contributed by atoms with E-state index >= 15 is 0 Å². The molecule has 32 heavy (non-hydrogen) atoms. The molecule has 4 heteroatoms. The summed E-state index contributed by atoms with van der Waals surface area (Å²) in [5.74, 6) is 1.29. The fraction of sp³-hybridized carbons (Fsp3) is 0.464. The zero-order valence-electron chi connectivity index (χ0n) is 20.1. The number of rotatable bonds is 8. The van der Waals surface area contributed by atoms with Crippen LogP contribution in [-0.2, 0) is 17.9 Å². The number of hydrogen-bond donors (Lipinski definition) is 1. The third kappa shape index (κ3) is 8.97. The van der Waals surface area contributed by atoms with E-state index in [1.807, 2.05) is 19.1 Å². The average Bonchev–Trinajstić information content (AvgIpc) is 2.80. The number of aliphatic hydroxyl groups is 1. The van der Waals surface area contributed by atoms with E-state index in [1.54, 1.807) is 20.1 Å². The van der Waals surface area contributed by atoms with E-state index in [0.717, 1.165) is 49.1 Å². The first-order valence-electron chi connectivity index (χ1n) is 11.6. The number of hydrogen-bond acceptors (Lipinski definition) is 4. The molecule has 3 rings (SSSR count). The van der Waals surface area contributed by atoms with Crippen LogP contribution in [0.1, 0.15) is 61.3 Å². The standard InChI is InChI=1S/C21H27NO2.C7H12O/c1-16(23)10-11-20-12-19(13-21(24-4)17(20)2)15-22(3)14-18-8-6-5-7-9-18;8-6-7-4-2-1-3-5-7/h5-13,16,23H,14-15H2,1-4H3;6-7H,1-5H2/b11-10-;. The average molecular weight is 438 g/mol. The van der Waals surface area contributed by atoms with Crippen molar-refractivity contribution >= 4 is 12.4 Å². The quantitative estimate of drug-likeness (QED) is 0.531. The molecular weight excluding hydrogens is 398 g/mol. The molecule has 1 aliphatic carbocycles. The third-order valence-electron chi connectivity index (χ3n) is 5.82. The number of aliphatic hydroxyl groups excluding tert-OH is 1. The Morgan fingerprint density at radius 1 is 1.09 bits per heavy atom. The summed E-state index contributed by atoms with van der Waals surface area (Å²) in [6.07, 6.45) is 10.6. The minimum absolute atomic E-state index is 0.406. The molecule has 0 saturated heterocycles. The Balaban J connectivity index is 0.000000380. The number of ether oxygens (including phenoxy) is 1. The Labute approximate surface area is 193 Å². The largest absolute Gasteiger partial charge is 0.496 e. The SMILES string of the molecule is COc1cc(CN(C)Cc2ccccc2)cc(/C=C\C(C)O)c1C.O=CC1CCCCC1. The maximum Gasteiger partial charge on any atom is 0.123 e. The number of aldehydes is 1. The zero-order chi connectivity index (χ0) is 23.3. The van der Waals surface area contributed by atoms with Crippen LogP contribution in [0.15, 0.2) is 48.5 Å². The maximum absolute atomic E-state index is 10.2. The number of carbonyl (C=O) groups excluding carboxylic acids is 1. The number of benzene rings is 2. The maximum atomic E-state index is 10.2. The summed E-state index contributed by atoms with van der Waals surface area (Å²) in [6.45, 7) is 5.52. The van der Waals surface area contributed by atoms with Gasteiger partial charge < -0.3 is 14.6 Å². The van der Waals surface area contributed by atoms with Gasteiger partial charge in [-0.3, -0.25) is 4.90 Å². The Hall–Kier alpha value is -2.43. The molecule has 0 heterocycles. The molecule has 0 aliphatic heterocycles. The van der Waals surface area contributed by atoms with Crippen molar-refractivity contribution in [2.24, 2.45) is 5.92 Å². The van der Waals surface area contributed by atoms with Crippen LogP contribution in [0.4, 0.5) is 0 Å². The van der Waals surface area contributed by atoms with E-state index in [0.29, 0.717) is 5.92 Å². The molecule has 1 unspecified atom stereocenters. The smallest absolute Gasteiger partial charge is 0.123 e. The highest BCUT2D eigenvalue weighted by Crippen LogP contribution is 2.26. The normalized spacial score (nSPS) is 15.3. The van der Waals surface area contributed by atoms with Crippen molar-refractivity contribution in [2.75, 3.05) is 14.2 Å². The lowest BCUT2D eigenvalue weighted by Crippen LogP contribution is -2.17. The monoisotopic (exact) mass is 437 g/mol. The highest BCUT2D eigenvalue weighted by atomic mass is 16.5. The van der Waals surface area contributed by atoms with Gasteiger partial charge in [0.2, 0.25) is 0 Å². The highest BCUT2D eigenvalue weighted by Gasteiger charge is 2.11. The predicted octanol–water partition coefficient (Wildman–Crippen LogP) is 5.80. The molecule has 0 bridgehead atoms. The lowest BCUT2D eigenvalue weighted by Gasteiger charge is -2.19. The third-order valence-corrected chi connectivity index (χ3v) is 5.82. The summed E-state index contributed by atoms with van der Waals surface area (Å²) < 4.78 is 5.52. The van der Waals surface area contributed by atoms with Crippen molar-refractivity contribution in [1.82, 2.24) is 4.90 Å². The Bertz CT molecular complexity index is 839. The Kier molecular flexibility index (Phi) is 11.2. The van der Waals surface area contributed by atoms with Crippen LogP contribution < -0.4 is 4.74 Å². The molecule has 1 N–H and O–H groups in total. The van der Waals surface area contributed by atoms with E-state index in [9.17, 15) is 9.90 Å². The van der Waals surface area contributed by atoms with E-state index < -0.39 is 6.10 Å². The van der Waals surface area contributed by atoms with Crippen molar-refractivity contribution < 1.29 is 14.6 Å². The highest BCUT2D eigenvalue weighted by molar-refractivity contribution is 5.59. The van der Waals surface area contributed by atoms with Gasteiger partial charge in [0, 0.05) is 19.0 Å². The van der Waals surface area contributed by atoms with Gasteiger partial charge in [-0.1, -0.05) is 61.7 Å². The van der Waals surface area contributed by atoms with Crippen LogP contribution in [0.2, 0.25) is 0 Å². The zero-order valence-corrected chi connectivity index (χ0v) is 20.1. The molecule has 0 amide bonds. The molecular formula is C28H39NO3. The van der Waals surface area contributed by atoms with Gasteiger partial charge >= 0.3 is 0 Å². The predicted molar refractivity (Wildman–Crippen MR) is 133 cm³/mol. The van der Waals surface area contributed by atoms with Crippen molar-refractivity contribution in [3.8, 4) is 5.75 Å². The first-order valence-corrected chi connectivity index (χ1v) is 11.6. The van der Waals surface area contributed by atoms with Crippen LogP contribution in [0.3, 0.4) is 0 Å². The van der Waals surface area contributed by atoms with Crippen LogP contribution in [0.25, 0.3) is 6.08 Å². The second-order valence-corrected chi connectivity index (χ2v) is 8.80. The van der Waals surface area contributed by atoms with Gasteiger partial charge in [-0.2, -0.15) is 0 Å². The van der Waals surface area contributed by atoms with Crippen LogP contribution in [-0.4, -0.2) is 36.6 Å². The van der Waals surface area contributed by atoms with Crippen molar-refractivity contribution in [3.63, 3.8) is 0 Å². The molecule has 2 aromatic carbocycles. The van der Waals surface area contributed by atoms with Gasteiger partial charge in [-0.25, -0.2) is 0 Å². The van der Waals surface area contributed by atoms with Gasteiger partial charge in [0.15, 0.2) is 0 Å². The fourth-order valence-corrected chi connectivity index (χ4v) is 4.02. The Morgan fingerprint density at radius 3 is 2.31 bits per heavy atom. The second kappa shape index (κ2) is 13.9. The summed E-state index contributed by atoms with van der Waals surface area (Å²) in [6, 6.07) is 14.7. The van der Waals surface area contributed by atoms with Gasteiger partial charge in [-0.15, -0.1) is 0 Å². The van der Waals surface area contributed by atoms with Crippen LogP contribution >= 0.6 is 0 Å². The van der Waals surface area contributed by atoms with E-state index in [2.05, 4.69) is 48.3 Å². The molecule has 0 radical (unpaired) electrons. The van der Waals surface area contributed by atoms with E-state index in [4.69, 9.17) is 4.74 Å². The molecule has 1 aliphatic rings. The molecule has 2 aromatic rings. The van der Waals surface area contributed by atoms with Gasteiger partial charge in [0.05, 0.1) is 13.2 Å². The van der Waals surface area contributed by atoms with E-state index in [1.165, 1.54) is 30.4 Å². The summed E-state index contributed by atoms with van der Waals surface area (Å²) in [4.78, 5) is 12.4. The van der Waals surface area contributed by atoms with Gasteiger partial charge in [0.1, 0.15) is 12.0 Å². The molecule has 174 valence electrons. The van der Waals surface area contributed by atoms with Crippen LogP contribution in [0, 0.1) is 12.8 Å². The van der Waals surface area contributed by atoms with Gasteiger partial charge in [0.25, 0.3) is 0 Å². The van der Waals surface area contributed by atoms with Crippen molar-refractivity contribution in [1.29, 1.82) is 0 Å². The van der Waals surface area contributed by atoms with Crippen molar-refractivity contribution in [3.05, 3.63) is 70.8 Å². The molecule has 1 atom stereocenters. The number of nitrogens with zero attached hydrogens (tertiary/aromatic N) is 1. The first kappa shape index (κ1) is 25.8. The molecule has 4 nitrogen and oxygen atoms in total.